The minimum atomic E-state index is -3.82. The number of benzene rings is 1. The van der Waals surface area contributed by atoms with Gasteiger partial charge in [-0.1, -0.05) is 0 Å². The first-order valence-electron chi connectivity index (χ1n) is 5.50. The number of rotatable bonds is 5. The van der Waals surface area contributed by atoms with Gasteiger partial charge in [-0.15, -0.1) is 0 Å². The normalized spacial score (nSPS) is 11.4. The van der Waals surface area contributed by atoms with E-state index in [1.54, 1.807) is 6.20 Å². The molecule has 0 radical (unpaired) electrons. The third kappa shape index (κ3) is 2.95. The second-order valence-corrected chi connectivity index (χ2v) is 5.72. The van der Waals surface area contributed by atoms with Crippen LogP contribution in [0.15, 0.2) is 35.5 Å². The molecule has 0 aliphatic heterocycles. The number of carbonyl (C=O) groups is 1. The molecule has 1 aromatic heterocycles. The standard InChI is InChI=1S/C11H12N4O4S/c12-9-3-8(11(16)17)1-2-10(9)20(18,19)15-6-7-4-13-14-5-7/h1-5,15H,6,12H2,(H,13,14)(H,16,17). The van der Waals surface area contributed by atoms with Gasteiger partial charge in [0.1, 0.15) is 4.90 Å². The fraction of sp³-hybridized carbons (Fsp3) is 0.0909. The average molecular weight is 296 g/mol. The number of anilines is 1. The zero-order valence-electron chi connectivity index (χ0n) is 10.2. The van der Waals surface area contributed by atoms with Gasteiger partial charge in [-0.05, 0) is 18.2 Å². The summed E-state index contributed by atoms with van der Waals surface area (Å²) >= 11 is 0. The lowest BCUT2D eigenvalue weighted by Crippen LogP contribution is -2.24. The van der Waals surface area contributed by atoms with Crippen molar-refractivity contribution in [3.63, 3.8) is 0 Å². The maximum atomic E-state index is 12.1. The largest absolute Gasteiger partial charge is 0.478 e. The summed E-state index contributed by atoms with van der Waals surface area (Å²) in [6.45, 7) is 0.0545. The molecule has 8 nitrogen and oxygen atoms in total. The minimum absolute atomic E-state index is 0.0545. The van der Waals surface area contributed by atoms with Gasteiger partial charge in [-0.2, -0.15) is 5.10 Å². The summed E-state index contributed by atoms with van der Waals surface area (Å²) in [5.41, 5.74) is 6.06. The first kappa shape index (κ1) is 14.0. The van der Waals surface area contributed by atoms with Crippen molar-refractivity contribution in [3.05, 3.63) is 41.7 Å². The van der Waals surface area contributed by atoms with Crippen LogP contribution in [0.3, 0.4) is 0 Å². The Labute approximate surface area is 114 Å². The molecule has 0 unspecified atom stereocenters. The van der Waals surface area contributed by atoms with Gasteiger partial charge in [0.05, 0.1) is 17.4 Å². The third-order valence-electron chi connectivity index (χ3n) is 2.57. The number of carboxylic acids is 1. The molecule has 0 aliphatic carbocycles. The van der Waals surface area contributed by atoms with Crippen LogP contribution in [0.25, 0.3) is 0 Å². The van der Waals surface area contributed by atoms with E-state index in [4.69, 9.17) is 10.8 Å². The fourth-order valence-corrected chi connectivity index (χ4v) is 2.69. The lowest BCUT2D eigenvalue weighted by atomic mass is 10.2. The molecule has 0 saturated heterocycles. The molecule has 0 saturated carbocycles. The summed E-state index contributed by atoms with van der Waals surface area (Å²) in [6, 6.07) is 3.45. The average Bonchev–Trinajstić information content (AvgIpc) is 2.89. The lowest BCUT2D eigenvalue weighted by molar-refractivity contribution is 0.0697. The molecule has 2 aromatic rings. The summed E-state index contributed by atoms with van der Waals surface area (Å²) in [4.78, 5) is 10.6. The second kappa shape index (κ2) is 5.31. The van der Waals surface area contributed by atoms with E-state index in [-0.39, 0.29) is 22.7 Å². The Kier molecular flexibility index (Phi) is 3.72. The van der Waals surface area contributed by atoms with E-state index < -0.39 is 16.0 Å². The molecular weight excluding hydrogens is 284 g/mol. The van der Waals surface area contributed by atoms with Crippen molar-refractivity contribution in [1.29, 1.82) is 0 Å². The molecule has 0 aliphatic rings. The Morgan fingerprint density at radius 2 is 2.20 bits per heavy atom. The predicted octanol–water partition coefficient (Wildman–Crippen LogP) is 0.169. The molecule has 0 bridgehead atoms. The van der Waals surface area contributed by atoms with Crippen LogP contribution in [0.2, 0.25) is 0 Å². The highest BCUT2D eigenvalue weighted by Crippen LogP contribution is 2.20. The number of sulfonamides is 1. The Bertz CT molecular complexity index is 725. The van der Waals surface area contributed by atoms with Crippen LogP contribution < -0.4 is 10.5 Å². The molecular formula is C11H12N4O4S. The number of hydrogen-bond donors (Lipinski definition) is 4. The van der Waals surface area contributed by atoms with E-state index in [1.807, 2.05) is 0 Å². The van der Waals surface area contributed by atoms with Crippen molar-refractivity contribution in [2.45, 2.75) is 11.4 Å². The van der Waals surface area contributed by atoms with Gasteiger partial charge in [0, 0.05) is 18.3 Å². The summed E-state index contributed by atoms with van der Waals surface area (Å²) < 4.78 is 26.5. The first-order valence-corrected chi connectivity index (χ1v) is 6.98. The number of nitrogens with one attached hydrogen (secondary N) is 2. The van der Waals surface area contributed by atoms with E-state index in [0.29, 0.717) is 5.56 Å². The van der Waals surface area contributed by atoms with Gasteiger partial charge >= 0.3 is 5.97 Å². The Hall–Kier alpha value is -2.39. The highest BCUT2D eigenvalue weighted by molar-refractivity contribution is 7.89. The third-order valence-corrected chi connectivity index (χ3v) is 4.04. The molecule has 1 aromatic carbocycles. The van der Waals surface area contributed by atoms with Crippen molar-refractivity contribution in [2.75, 3.05) is 5.73 Å². The van der Waals surface area contributed by atoms with Crippen molar-refractivity contribution in [2.24, 2.45) is 0 Å². The molecule has 2 rings (SSSR count). The first-order chi connectivity index (χ1) is 9.40. The summed E-state index contributed by atoms with van der Waals surface area (Å²) in [5, 5.41) is 15.1. The molecule has 0 amide bonds. The number of H-pyrrole nitrogens is 1. The Morgan fingerprint density at radius 3 is 2.75 bits per heavy atom. The number of hydrogen-bond acceptors (Lipinski definition) is 5. The van der Waals surface area contributed by atoms with Crippen LogP contribution in [-0.4, -0.2) is 29.7 Å². The lowest BCUT2D eigenvalue weighted by Gasteiger charge is -2.09. The smallest absolute Gasteiger partial charge is 0.335 e. The number of nitrogens with zero attached hydrogens (tertiary/aromatic N) is 1. The molecule has 9 heteroatoms. The minimum Gasteiger partial charge on any atom is -0.478 e. The molecule has 1 heterocycles. The number of aromatic carboxylic acids is 1. The zero-order chi connectivity index (χ0) is 14.8. The van der Waals surface area contributed by atoms with E-state index in [9.17, 15) is 13.2 Å². The predicted molar refractivity (Wildman–Crippen MR) is 70.4 cm³/mol. The zero-order valence-corrected chi connectivity index (χ0v) is 11.0. The summed E-state index contributed by atoms with van der Waals surface area (Å²) in [6.07, 6.45) is 3.04. The number of aromatic nitrogens is 2. The summed E-state index contributed by atoms with van der Waals surface area (Å²) in [5.74, 6) is -1.17. The van der Waals surface area contributed by atoms with Crippen LogP contribution in [0, 0.1) is 0 Å². The summed E-state index contributed by atoms with van der Waals surface area (Å²) in [7, 11) is -3.82. The maximum Gasteiger partial charge on any atom is 0.335 e. The Balaban J connectivity index is 2.23. The van der Waals surface area contributed by atoms with Crippen LogP contribution in [-0.2, 0) is 16.6 Å². The van der Waals surface area contributed by atoms with E-state index in [0.717, 1.165) is 12.1 Å². The maximum absolute atomic E-state index is 12.1. The van der Waals surface area contributed by atoms with Gasteiger partial charge in [-0.25, -0.2) is 17.9 Å². The van der Waals surface area contributed by atoms with Crippen molar-refractivity contribution in [1.82, 2.24) is 14.9 Å². The van der Waals surface area contributed by atoms with E-state index in [1.165, 1.54) is 12.3 Å². The van der Waals surface area contributed by atoms with Gasteiger partial charge in [-0.3, -0.25) is 5.10 Å². The number of nitrogens with two attached hydrogens (primary N) is 1. The topological polar surface area (TPSA) is 138 Å². The molecule has 0 spiro atoms. The fourth-order valence-electron chi connectivity index (χ4n) is 1.56. The van der Waals surface area contributed by atoms with Crippen molar-refractivity contribution < 1.29 is 18.3 Å². The molecule has 20 heavy (non-hydrogen) atoms. The highest BCUT2D eigenvalue weighted by atomic mass is 32.2. The molecule has 5 N–H and O–H groups in total. The van der Waals surface area contributed by atoms with Gasteiger partial charge in [0.2, 0.25) is 10.0 Å². The molecule has 0 fully saturated rings. The van der Waals surface area contributed by atoms with Crippen molar-refractivity contribution >= 4 is 21.7 Å². The van der Waals surface area contributed by atoms with Crippen LogP contribution in [0.5, 0.6) is 0 Å². The van der Waals surface area contributed by atoms with Crippen molar-refractivity contribution in [3.8, 4) is 0 Å². The van der Waals surface area contributed by atoms with Crippen LogP contribution >= 0.6 is 0 Å². The van der Waals surface area contributed by atoms with Crippen LogP contribution in [0.1, 0.15) is 15.9 Å². The number of nitrogen functional groups attached to an aromatic ring is 1. The second-order valence-electron chi connectivity index (χ2n) is 3.99. The van der Waals surface area contributed by atoms with E-state index >= 15 is 0 Å². The molecule has 0 atom stereocenters. The number of carboxylic acid groups (broad SMARTS) is 1. The van der Waals surface area contributed by atoms with Gasteiger partial charge < -0.3 is 10.8 Å². The monoisotopic (exact) mass is 296 g/mol. The Morgan fingerprint density at radius 1 is 1.45 bits per heavy atom. The van der Waals surface area contributed by atoms with Crippen LogP contribution in [0.4, 0.5) is 5.69 Å². The highest BCUT2D eigenvalue weighted by Gasteiger charge is 2.18. The van der Waals surface area contributed by atoms with E-state index in [2.05, 4.69) is 14.9 Å². The molecule has 106 valence electrons. The van der Waals surface area contributed by atoms with Gasteiger partial charge in [0.25, 0.3) is 0 Å². The van der Waals surface area contributed by atoms with Gasteiger partial charge in [0.15, 0.2) is 0 Å². The quantitative estimate of drug-likeness (QED) is 0.580. The number of aromatic amines is 1. The SMILES string of the molecule is Nc1cc(C(=O)O)ccc1S(=O)(=O)NCc1cn[nH]c1.